The highest BCUT2D eigenvalue weighted by Gasteiger charge is 2.20. The molecule has 4 N–H and O–H groups in total. The lowest BCUT2D eigenvalue weighted by molar-refractivity contribution is -0.928. The molecular formula is C10H24N2+2. The molecule has 1 saturated heterocycles. The normalized spacial score (nSPS) is 30.5. The SMILES string of the molecule is C[C@H]1CCCC[NH+]1CCCC[NH3+]. The summed E-state index contributed by atoms with van der Waals surface area (Å²) in [5.41, 5.74) is 3.88. The van der Waals surface area contributed by atoms with Gasteiger partial charge in [0.1, 0.15) is 0 Å². The minimum atomic E-state index is 0.920. The molecule has 0 bridgehead atoms. The number of quaternary nitrogens is 2. The molecule has 72 valence electrons. The van der Waals surface area contributed by atoms with E-state index in [0.717, 1.165) is 12.6 Å². The van der Waals surface area contributed by atoms with E-state index in [2.05, 4.69) is 12.7 Å². The molecule has 1 fully saturated rings. The zero-order valence-electron chi connectivity index (χ0n) is 8.44. The highest BCUT2D eigenvalue weighted by atomic mass is 15.1. The van der Waals surface area contributed by atoms with Crippen LogP contribution in [0, 0.1) is 0 Å². The Morgan fingerprint density at radius 1 is 1.33 bits per heavy atom. The number of rotatable bonds is 4. The van der Waals surface area contributed by atoms with Crippen molar-refractivity contribution in [1.82, 2.24) is 0 Å². The minimum Gasteiger partial charge on any atom is -0.358 e. The molecule has 2 atom stereocenters. The van der Waals surface area contributed by atoms with Crippen LogP contribution in [-0.4, -0.2) is 25.7 Å². The molecule has 0 aliphatic carbocycles. The van der Waals surface area contributed by atoms with Crippen LogP contribution in [0.4, 0.5) is 0 Å². The fourth-order valence-corrected chi connectivity index (χ4v) is 2.15. The smallest absolute Gasteiger partial charge is 0.0846 e. The molecule has 0 radical (unpaired) electrons. The summed E-state index contributed by atoms with van der Waals surface area (Å²) in [6.45, 7) is 6.31. The maximum Gasteiger partial charge on any atom is 0.0846 e. The summed E-state index contributed by atoms with van der Waals surface area (Å²) in [6.07, 6.45) is 7.04. The van der Waals surface area contributed by atoms with Gasteiger partial charge in [-0.05, 0) is 26.2 Å². The highest BCUT2D eigenvalue weighted by molar-refractivity contribution is 4.55. The molecule has 0 aromatic carbocycles. The van der Waals surface area contributed by atoms with Crippen LogP contribution in [0.15, 0.2) is 0 Å². The highest BCUT2D eigenvalue weighted by Crippen LogP contribution is 2.01. The Bertz CT molecular complexity index is 114. The Morgan fingerprint density at radius 2 is 2.17 bits per heavy atom. The van der Waals surface area contributed by atoms with Gasteiger partial charge < -0.3 is 10.6 Å². The van der Waals surface area contributed by atoms with Gasteiger partial charge >= 0.3 is 0 Å². The minimum absolute atomic E-state index is 0.920. The Labute approximate surface area is 76.1 Å². The van der Waals surface area contributed by atoms with E-state index in [1.165, 1.54) is 45.2 Å². The van der Waals surface area contributed by atoms with E-state index < -0.39 is 0 Å². The summed E-state index contributed by atoms with van der Waals surface area (Å²) in [5, 5.41) is 0. The molecule has 0 aromatic rings. The van der Waals surface area contributed by atoms with E-state index >= 15 is 0 Å². The van der Waals surface area contributed by atoms with E-state index in [-0.39, 0.29) is 0 Å². The van der Waals surface area contributed by atoms with Crippen LogP contribution in [0.2, 0.25) is 0 Å². The van der Waals surface area contributed by atoms with Crippen molar-refractivity contribution >= 4 is 0 Å². The average Bonchev–Trinajstić information content (AvgIpc) is 2.09. The standard InChI is InChI=1S/C10H22N2/c1-10-6-2-4-8-12(10)9-5-3-7-11/h10H,2-9,11H2,1H3/p+2/t10-/m0/s1. The first-order valence-electron chi connectivity index (χ1n) is 5.48. The molecular weight excluding hydrogens is 148 g/mol. The summed E-state index contributed by atoms with van der Waals surface area (Å²) in [4.78, 5) is 1.84. The van der Waals surface area contributed by atoms with E-state index in [0.29, 0.717) is 0 Å². The molecule has 0 spiro atoms. The summed E-state index contributed by atoms with van der Waals surface area (Å²) in [5.74, 6) is 0. The lowest BCUT2D eigenvalue weighted by Gasteiger charge is -2.30. The van der Waals surface area contributed by atoms with Gasteiger partial charge in [-0.25, -0.2) is 0 Å². The zero-order valence-corrected chi connectivity index (χ0v) is 8.44. The molecule has 0 aromatic heterocycles. The van der Waals surface area contributed by atoms with Crippen molar-refractivity contribution in [1.29, 1.82) is 0 Å². The van der Waals surface area contributed by atoms with E-state index in [4.69, 9.17) is 0 Å². The fourth-order valence-electron chi connectivity index (χ4n) is 2.15. The first-order chi connectivity index (χ1) is 5.84. The average molecular weight is 172 g/mol. The summed E-state index contributed by atoms with van der Waals surface area (Å²) in [6, 6.07) is 0.920. The van der Waals surface area contributed by atoms with E-state index in [1.54, 1.807) is 0 Å². The third kappa shape index (κ3) is 3.11. The lowest BCUT2D eigenvalue weighted by Crippen LogP contribution is -3.16. The summed E-state index contributed by atoms with van der Waals surface area (Å²) >= 11 is 0. The number of nitrogens with one attached hydrogen (secondary N) is 1. The van der Waals surface area contributed by atoms with Crippen LogP contribution in [0.1, 0.15) is 39.0 Å². The number of unbranched alkanes of at least 4 members (excludes halogenated alkanes) is 1. The molecule has 1 unspecified atom stereocenters. The largest absolute Gasteiger partial charge is 0.358 e. The molecule has 0 saturated carbocycles. The quantitative estimate of drug-likeness (QED) is 0.534. The van der Waals surface area contributed by atoms with Crippen molar-refractivity contribution in [3.63, 3.8) is 0 Å². The Hall–Kier alpha value is -0.0800. The van der Waals surface area contributed by atoms with E-state index in [1.807, 2.05) is 4.90 Å². The Balaban J connectivity index is 2.11. The Kier molecular flexibility index (Phi) is 4.62. The van der Waals surface area contributed by atoms with Crippen molar-refractivity contribution < 1.29 is 10.6 Å². The first kappa shape index (κ1) is 10.0. The molecule has 2 heteroatoms. The summed E-state index contributed by atoms with van der Waals surface area (Å²) < 4.78 is 0. The lowest BCUT2D eigenvalue weighted by atomic mass is 10.0. The van der Waals surface area contributed by atoms with Crippen LogP contribution >= 0.6 is 0 Å². The van der Waals surface area contributed by atoms with Crippen LogP contribution in [0.25, 0.3) is 0 Å². The number of likely N-dealkylation sites (tertiary alicyclic amines) is 1. The van der Waals surface area contributed by atoms with Gasteiger partial charge in [-0.1, -0.05) is 0 Å². The predicted octanol–water partition coefficient (Wildman–Crippen LogP) is -0.534. The molecule has 1 rings (SSSR count). The van der Waals surface area contributed by atoms with Crippen molar-refractivity contribution in [2.45, 2.75) is 45.1 Å². The second-order valence-electron chi connectivity index (χ2n) is 4.12. The third-order valence-electron chi connectivity index (χ3n) is 3.08. The van der Waals surface area contributed by atoms with Crippen molar-refractivity contribution in [2.24, 2.45) is 0 Å². The number of piperidine rings is 1. The maximum absolute atomic E-state index is 3.88. The van der Waals surface area contributed by atoms with Crippen LogP contribution in [0.5, 0.6) is 0 Å². The molecule has 12 heavy (non-hydrogen) atoms. The van der Waals surface area contributed by atoms with Gasteiger partial charge in [0, 0.05) is 12.8 Å². The van der Waals surface area contributed by atoms with Gasteiger partial charge in [-0.15, -0.1) is 0 Å². The Morgan fingerprint density at radius 3 is 2.83 bits per heavy atom. The van der Waals surface area contributed by atoms with Crippen molar-refractivity contribution in [2.75, 3.05) is 19.6 Å². The number of hydrogen-bond donors (Lipinski definition) is 2. The molecule has 2 nitrogen and oxygen atoms in total. The van der Waals surface area contributed by atoms with Gasteiger partial charge in [-0.2, -0.15) is 0 Å². The second kappa shape index (κ2) is 5.55. The first-order valence-corrected chi connectivity index (χ1v) is 5.48. The molecule has 1 aliphatic heterocycles. The fraction of sp³-hybridized carbons (Fsp3) is 1.00. The monoisotopic (exact) mass is 172 g/mol. The van der Waals surface area contributed by atoms with Gasteiger partial charge in [0.15, 0.2) is 0 Å². The van der Waals surface area contributed by atoms with Gasteiger partial charge in [0.25, 0.3) is 0 Å². The maximum atomic E-state index is 3.88. The van der Waals surface area contributed by atoms with Gasteiger partial charge in [-0.3, -0.25) is 0 Å². The topological polar surface area (TPSA) is 32.1 Å². The van der Waals surface area contributed by atoms with Crippen molar-refractivity contribution in [3.8, 4) is 0 Å². The molecule has 1 heterocycles. The van der Waals surface area contributed by atoms with Crippen LogP contribution in [-0.2, 0) is 0 Å². The van der Waals surface area contributed by atoms with Gasteiger partial charge in [0.05, 0.1) is 25.7 Å². The third-order valence-corrected chi connectivity index (χ3v) is 3.08. The molecule has 0 amide bonds. The van der Waals surface area contributed by atoms with Crippen LogP contribution < -0.4 is 10.6 Å². The van der Waals surface area contributed by atoms with Crippen molar-refractivity contribution in [3.05, 3.63) is 0 Å². The summed E-state index contributed by atoms with van der Waals surface area (Å²) in [7, 11) is 0. The predicted molar refractivity (Wildman–Crippen MR) is 51.0 cm³/mol. The van der Waals surface area contributed by atoms with Crippen LogP contribution in [0.3, 0.4) is 0 Å². The van der Waals surface area contributed by atoms with Gasteiger partial charge in [0.2, 0.25) is 0 Å². The van der Waals surface area contributed by atoms with E-state index in [9.17, 15) is 0 Å². The zero-order chi connectivity index (χ0) is 8.81. The number of hydrogen-bond acceptors (Lipinski definition) is 0. The second-order valence-corrected chi connectivity index (χ2v) is 4.12. The molecule has 1 aliphatic rings.